The Balaban J connectivity index is 2.46. The second-order valence-corrected chi connectivity index (χ2v) is 4.40. The molecule has 1 amide bonds. The minimum Gasteiger partial charge on any atom is -0.482 e. The summed E-state index contributed by atoms with van der Waals surface area (Å²) in [7, 11) is 1.69. The molecule has 1 atom stereocenters. The molecule has 0 aliphatic carbocycles. The summed E-state index contributed by atoms with van der Waals surface area (Å²) in [5.74, 6) is 0.533. The van der Waals surface area contributed by atoms with Gasteiger partial charge in [0.15, 0.2) is 6.61 Å². The predicted octanol–water partition coefficient (Wildman–Crippen LogP) is 0.208. The fourth-order valence-corrected chi connectivity index (χ4v) is 1.73. The molecule has 5 heteroatoms. The van der Waals surface area contributed by atoms with Crippen LogP contribution in [0.4, 0.5) is 5.69 Å². The molecule has 0 spiro atoms. The molecule has 5 nitrogen and oxygen atoms in total. The van der Waals surface area contributed by atoms with Crippen LogP contribution in [0.1, 0.15) is 12.5 Å². The van der Waals surface area contributed by atoms with Crippen molar-refractivity contribution in [1.29, 1.82) is 0 Å². The Hall–Kier alpha value is -1.59. The molecule has 0 aromatic heterocycles. The molecule has 1 unspecified atom stereocenters. The van der Waals surface area contributed by atoms with Crippen LogP contribution < -0.4 is 15.4 Å². The fraction of sp³-hybridized carbons (Fsp3) is 0.417. The van der Waals surface area contributed by atoms with Gasteiger partial charge in [-0.05, 0) is 24.6 Å². The highest BCUT2D eigenvalue weighted by Crippen LogP contribution is 2.34. The van der Waals surface area contributed by atoms with Gasteiger partial charge in [-0.2, -0.15) is 0 Å². The highest BCUT2D eigenvalue weighted by molar-refractivity contribution is 5.97. The average molecular weight is 236 g/mol. The van der Waals surface area contributed by atoms with Gasteiger partial charge in [0.25, 0.3) is 5.91 Å². The van der Waals surface area contributed by atoms with E-state index < -0.39 is 5.60 Å². The number of likely N-dealkylation sites (N-methyl/N-ethyl adjacent to an activating group) is 1. The maximum absolute atomic E-state index is 11.5. The number of hydrogen-bond acceptors (Lipinski definition) is 4. The van der Waals surface area contributed by atoms with Crippen molar-refractivity contribution in [1.82, 2.24) is 0 Å². The van der Waals surface area contributed by atoms with Gasteiger partial charge in [-0.15, -0.1) is 0 Å². The molecule has 1 aromatic rings. The standard InChI is InChI=1S/C12H16N2O3/c1-12(16,7-13)8-3-4-10-9(5-8)14(2)11(15)6-17-10/h3-5,16H,6-7,13H2,1-2H3. The van der Waals surface area contributed by atoms with Crippen LogP contribution in [0.25, 0.3) is 0 Å². The molecule has 1 aliphatic rings. The highest BCUT2D eigenvalue weighted by Gasteiger charge is 2.27. The largest absolute Gasteiger partial charge is 0.482 e. The summed E-state index contributed by atoms with van der Waals surface area (Å²) in [6.45, 7) is 1.81. The van der Waals surface area contributed by atoms with E-state index in [1.54, 1.807) is 32.2 Å². The van der Waals surface area contributed by atoms with Gasteiger partial charge >= 0.3 is 0 Å². The Morgan fingerprint density at radius 2 is 2.29 bits per heavy atom. The first-order valence-electron chi connectivity index (χ1n) is 5.42. The summed E-state index contributed by atoms with van der Waals surface area (Å²) in [5.41, 5.74) is 5.74. The topological polar surface area (TPSA) is 75.8 Å². The maximum atomic E-state index is 11.5. The van der Waals surface area contributed by atoms with E-state index in [-0.39, 0.29) is 19.1 Å². The SMILES string of the molecule is CN1C(=O)COc2ccc(C(C)(O)CN)cc21. The normalized spacial score (nSPS) is 18.4. The third-order valence-corrected chi connectivity index (χ3v) is 3.06. The molecular formula is C12H16N2O3. The predicted molar refractivity (Wildman–Crippen MR) is 64.0 cm³/mol. The van der Waals surface area contributed by atoms with Gasteiger partial charge in [0, 0.05) is 13.6 Å². The van der Waals surface area contributed by atoms with Crippen molar-refractivity contribution in [3.05, 3.63) is 23.8 Å². The summed E-state index contributed by atoms with van der Waals surface area (Å²) >= 11 is 0. The van der Waals surface area contributed by atoms with E-state index in [2.05, 4.69) is 0 Å². The number of anilines is 1. The lowest BCUT2D eigenvalue weighted by Crippen LogP contribution is -2.36. The zero-order valence-corrected chi connectivity index (χ0v) is 9.93. The first-order valence-corrected chi connectivity index (χ1v) is 5.42. The summed E-state index contributed by atoms with van der Waals surface area (Å²) < 4.78 is 5.30. The number of amides is 1. The Kier molecular flexibility index (Phi) is 2.81. The molecule has 2 rings (SSSR count). The Bertz CT molecular complexity index is 457. The third-order valence-electron chi connectivity index (χ3n) is 3.06. The van der Waals surface area contributed by atoms with Gasteiger partial charge in [-0.25, -0.2) is 0 Å². The molecular weight excluding hydrogens is 220 g/mol. The summed E-state index contributed by atoms with van der Waals surface area (Å²) in [6.07, 6.45) is 0. The van der Waals surface area contributed by atoms with E-state index in [9.17, 15) is 9.90 Å². The van der Waals surface area contributed by atoms with Crippen molar-refractivity contribution >= 4 is 11.6 Å². The molecule has 1 aromatic carbocycles. The lowest BCUT2D eigenvalue weighted by Gasteiger charge is -2.29. The molecule has 1 aliphatic heterocycles. The number of fused-ring (bicyclic) bond motifs is 1. The number of carbonyl (C=O) groups excluding carboxylic acids is 1. The Morgan fingerprint density at radius 3 is 2.94 bits per heavy atom. The quantitative estimate of drug-likeness (QED) is 0.769. The minimum absolute atomic E-state index is 0.0517. The molecule has 92 valence electrons. The average Bonchev–Trinajstić information content (AvgIpc) is 2.33. The summed E-state index contributed by atoms with van der Waals surface area (Å²) in [5, 5.41) is 10.1. The Morgan fingerprint density at radius 1 is 1.59 bits per heavy atom. The number of hydrogen-bond donors (Lipinski definition) is 2. The molecule has 0 fully saturated rings. The first kappa shape index (κ1) is 11.9. The van der Waals surface area contributed by atoms with Gasteiger partial charge in [0.05, 0.1) is 11.3 Å². The minimum atomic E-state index is -1.10. The number of nitrogens with two attached hydrogens (primary N) is 1. The van der Waals surface area contributed by atoms with Crippen LogP contribution in [0.15, 0.2) is 18.2 Å². The lowest BCUT2D eigenvalue weighted by molar-refractivity contribution is -0.121. The van der Waals surface area contributed by atoms with Crippen molar-refractivity contribution in [2.24, 2.45) is 5.73 Å². The zero-order valence-electron chi connectivity index (χ0n) is 9.93. The molecule has 0 radical (unpaired) electrons. The number of benzene rings is 1. The molecule has 0 saturated heterocycles. The molecule has 0 saturated carbocycles. The molecule has 1 heterocycles. The summed E-state index contributed by atoms with van der Waals surface area (Å²) in [4.78, 5) is 13.0. The van der Waals surface area contributed by atoms with Gasteiger partial charge in [-0.1, -0.05) is 6.07 Å². The van der Waals surface area contributed by atoms with Crippen LogP contribution >= 0.6 is 0 Å². The van der Waals surface area contributed by atoms with Crippen LogP contribution in [0.3, 0.4) is 0 Å². The highest BCUT2D eigenvalue weighted by atomic mass is 16.5. The molecule has 0 bridgehead atoms. The van der Waals surface area contributed by atoms with Crippen molar-refractivity contribution in [3.63, 3.8) is 0 Å². The van der Waals surface area contributed by atoms with Crippen LogP contribution in [-0.2, 0) is 10.4 Å². The second-order valence-electron chi connectivity index (χ2n) is 4.40. The number of rotatable bonds is 2. The van der Waals surface area contributed by atoms with Crippen LogP contribution in [0.2, 0.25) is 0 Å². The van der Waals surface area contributed by atoms with Gasteiger partial charge in [0.1, 0.15) is 5.75 Å². The van der Waals surface area contributed by atoms with Crippen molar-refractivity contribution in [3.8, 4) is 5.75 Å². The first-order chi connectivity index (χ1) is 7.95. The van der Waals surface area contributed by atoms with E-state index >= 15 is 0 Å². The molecule has 17 heavy (non-hydrogen) atoms. The molecule has 3 N–H and O–H groups in total. The van der Waals surface area contributed by atoms with Crippen molar-refractivity contribution in [2.75, 3.05) is 25.1 Å². The third kappa shape index (κ3) is 1.99. The van der Waals surface area contributed by atoms with Crippen LogP contribution in [0, 0.1) is 0 Å². The van der Waals surface area contributed by atoms with E-state index in [1.165, 1.54) is 4.90 Å². The lowest BCUT2D eigenvalue weighted by atomic mass is 9.95. The second kappa shape index (κ2) is 4.01. The van der Waals surface area contributed by atoms with Crippen molar-refractivity contribution in [2.45, 2.75) is 12.5 Å². The number of ether oxygens (including phenoxy) is 1. The Labute approximate surface area is 99.8 Å². The number of carbonyl (C=O) groups is 1. The zero-order chi connectivity index (χ0) is 12.6. The van der Waals surface area contributed by atoms with Crippen LogP contribution in [0.5, 0.6) is 5.75 Å². The van der Waals surface area contributed by atoms with E-state index in [0.717, 1.165) is 0 Å². The number of aliphatic hydroxyl groups is 1. The van der Waals surface area contributed by atoms with Crippen LogP contribution in [-0.4, -0.2) is 31.2 Å². The smallest absolute Gasteiger partial charge is 0.264 e. The van der Waals surface area contributed by atoms with Gasteiger partial charge in [0.2, 0.25) is 0 Å². The van der Waals surface area contributed by atoms with E-state index in [1.807, 2.05) is 0 Å². The van der Waals surface area contributed by atoms with E-state index in [4.69, 9.17) is 10.5 Å². The van der Waals surface area contributed by atoms with E-state index in [0.29, 0.717) is 17.0 Å². The number of nitrogens with zero attached hydrogens (tertiary/aromatic N) is 1. The maximum Gasteiger partial charge on any atom is 0.264 e. The van der Waals surface area contributed by atoms with Gasteiger partial charge in [-0.3, -0.25) is 4.79 Å². The summed E-state index contributed by atoms with van der Waals surface area (Å²) in [6, 6.07) is 5.24. The fourth-order valence-electron chi connectivity index (χ4n) is 1.73. The van der Waals surface area contributed by atoms with Gasteiger partial charge < -0.3 is 20.5 Å². The van der Waals surface area contributed by atoms with Crippen molar-refractivity contribution < 1.29 is 14.6 Å². The monoisotopic (exact) mass is 236 g/mol.